The third kappa shape index (κ3) is 2.95. The fraction of sp³-hybridized carbons (Fsp3) is 0.250. The highest BCUT2D eigenvalue weighted by molar-refractivity contribution is 9.10. The molecule has 2 rings (SSSR count). The van der Waals surface area contributed by atoms with Gasteiger partial charge in [0.1, 0.15) is 11.6 Å². The summed E-state index contributed by atoms with van der Waals surface area (Å²) >= 11 is 3.29. The number of nitrogens with two attached hydrogens (primary N) is 1. The van der Waals surface area contributed by atoms with Gasteiger partial charge in [-0.15, -0.1) is 0 Å². The lowest BCUT2D eigenvalue weighted by Gasteiger charge is -2.22. The molecule has 1 unspecified atom stereocenters. The summed E-state index contributed by atoms with van der Waals surface area (Å²) in [5.41, 5.74) is 6.51. The predicted molar refractivity (Wildman–Crippen MR) is 85.7 cm³/mol. The second-order valence-electron chi connectivity index (χ2n) is 4.87. The summed E-state index contributed by atoms with van der Waals surface area (Å²) in [6, 6.07) is 8.47. The van der Waals surface area contributed by atoms with Crippen molar-refractivity contribution >= 4 is 15.9 Å². The van der Waals surface area contributed by atoms with Crippen LogP contribution in [0.4, 0.5) is 4.39 Å². The molecule has 5 heteroatoms. The molecule has 0 saturated heterocycles. The Morgan fingerprint density at radius 3 is 2.52 bits per heavy atom. The molecule has 3 nitrogen and oxygen atoms in total. The Hall–Kier alpha value is -1.43. The summed E-state index contributed by atoms with van der Waals surface area (Å²) in [4.78, 5) is 0. The minimum atomic E-state index is -0.371. The van der Waals surface area contributed by atoms with Crippen molar-refractivity contribution in [2.45, 2.75) is 19.9 Å². The lowest BCUT2D eigenvalue weighted by Crippen LogP contribution is -2.29. The van der Waals surface area contributed by atoms with Crippen LogP contribution in [0.25, 0.3) is 0 Å². The van der Waals surface area contributed by atoms with Crippen molar-refractivity contribution in [3.8, 4) is 5.75 Å². The van der Waals surface area contributed by atoms with Crippen LogP contribution in [-0.2, 0) is 0 Å². The van der Waals surface area contributed by atoms with Crippen LogP contribution in [0, 0.1) is 19.7 Å². The number of halogens is 2. The number of hydrogen-bond acceptors (Lipinski definition) is 3. The van der Waals surface area contributed by atoms with Crippen molar-refractivity contribution in [1.82, 2.24) is 5.43 Å². The zero-order valence-electron chi connectivity index (χ0n) is 12.2. The number of hydrazine groups is 1. The first-order valence-corrected chi connectivity index (χ1v) is 7.34. The SMILES string of the molecule is COc1c(C(NN)c2cccc(F)c2Br)ccc(C)c1C. The summed E-state index contributed by atoms with van der Waals surface area (Å²) in [5, 5.41) is 0. The number of rotatable bonds is 4. The number of nitrogens with one attached hydrogen (secondary N) is 1. The van der Waals surface area contributed by atoms with Crippen molar-refractivity contribution in [3.63, 3.8) is 0 Å². The van der Waals surface area contributed by atoms with Crippen molar-refractivity contribution in [1.29, 1.82) is 0 Å². The van der Waals surface area contributed by atoms with Crippen LogP contribution in [0.1, 0.15) is 28.3 Å². The molecule has 0 aliphatic rings. The topological polar surface area (TPSA) is 47.3 Å². The van der Waals surface area contributed by atoms with Gasteiger partial charge in [-0.05, 0) is 52.5 Å². The molecule has 0 aliphatic heterocycles. The number of hydrogen-bond donors (Lipinski definition) is 2. The van der Waals surface area contributed by atoms with Crippen molar-refractivity contribution < 1.29 is 9.13 Å². The monoisotopic (exact) mass is 352 g/mol. The molecule has 0 amide bonds. The molecule has 2 aromatic rings. The Balaban J connectivity index is 2.62. The highest BCUT2D eigenvalue weighted by Crippen LogP contribution is 2.36. The van der Waals surface area contributed by atoms with Crippen LogP contribution in [0.5, 0.6) is 5.75 Å². The third-order valence-corrected chi connectivity index (χ3v) is 4.52. The number of aryl methyl sites for hydroxylation is 1. The van der Waals surface area contributed by atoms with Crippen LogP contribution in [-0.4, -0.2) is 7.11 Å². The lowest BCUT2D eigenvalue weighted by atomic mass is 9.94. The number of ether oxygens (including phenoxy) is 1. The minimum Gasteiger partial charge on any atom is -0.496 e. The molecular weight excluding hydrogens is 335 g/mol. The van der Waals surface area contributed by atoms with Gasteiger partial charge >= 0.3 is 0 Å². The molecule has 21 heavy (non-hydrogen) atoms. The average molecular weight is 353 g/mol. The van der Waals surface area contributed by atoms with E-state index >= 15 is 0 Å². The van der Waals surface area contributed by atoms with E-state index in [9.17, 15) is 4.39 Å². The normalized spacial score (nSPS) is 12.3. The van der Waals surface area contributed by atoms with E-state index in [2.05, 4.69) is 21.4 Å². The van der Waals surface area contributed by atoms with E-state index < -0.39 is 0 Å². The lowest BCUT2D eigenvalue weighted by molar-refractivity contribution is 0.400. The summed E-state index contributed by atoms with van der Waals surface area (Å²) in [6.07, 6.45) is 0. The van der Waals surface area contributed by atoms with Gasteiger partial charge in [-0.1, -0.05) is 24.3 Å². The van der Waals surface area contributed by atoms with Gasteiger partial charge in [0.25, 0.3) is 0 Å². The molecule has 0 heterocycles. The molecule has 1 atom stereocenters. The van der Waals surface area contributed by atoms with Gasteiger partial charge in [-0.3, -0.25) is 5.84 Å². The van der Waals surface area contributed by atoms with Gasteiger partial charge in [0.2, 0.25) is 0 Å². The highest BCUT2D eigenvalue weighted by atomic mass is 79.9. The van der Waals surface area contributed by atoms with E-state index in [0.717, 1.165) is 28.0 Å². The third-order valence-electron chi connectivity index (χ3n) is 3.68. The molecule has 2 aromatic carbocycles. The first-order chi connectivity index (χ1) is 10.0. The second kappa shape index (κ2) is 6.56. The summed E-state index contributed by atoms with van der Waals surface area (Å²) < 4.78 is 19.7. The molecule has 0 aromatic heterocycles. The Morgan fingerprint density at radius 1 is 1.19 bits per heavy atom. The standard InChI is InChI=1S/C16H18BrFN2O/c1-9-7-8-12(16(21-3)10(9)2)15(20-19)11-5-4-6-13(18)14(11)17/h4-8,15,20H,19H2,1-3H3. The Kier molecular flexibility index (Phi) is 4.98. The first kappa shape index (κ1) is 15.9. The van der Waals surface area contributed by atoms with Crippen LogP contribution in [0.3, 0.4) is 0 Å². The summed E-state index contributed by atoms with van der Waals surface area (Å²) in [6.45, 7) is 4.01. The van der Waals surface area contributed by atoms with Gasteiger partial charge in [-0.25, -0.2) is 9.82 Å². The van der Waals surface area contributed by atoms with E-state index in [4.69, 9.17) is 10.6 Å². The first-order valence-electron chi connectivity index (χ1n) is 6.55. The fourth-order valence-corrected chi connectivity index (χ4v) is 2.89. The zero-order chi connectivity index (χ0) is 15.6. The minimum absolute atomic E-state index is 0.324. The fourth-order valence-electron chi connectivity index (χ4n) is 2.40. The van der Waals surface area contributed by atoms with Crippen LogP contribution in [0.2, 0.25) is 0 Å². The summed E-state index contributed by atoms with van der Waals surface area (Å²) in [7, 11) is 1.62. The maximum Gasteiger partial charge on any atom is 0.137 e. The molecule has 0 saturated carbocycles. The molecule has 0 spiro atoms. The summed E-state index contributed by atoms with van der Waals surface area (Å²) in [5.74, 6) is 6.15. The largest absolute Gasteiger partial charge is 0.496 e. The predicted octanol–water partition coefficient (Wildman–Crippen LogP) is 3.77. The Labute approximate surface area is 132 Å². The Bertz CT molecular complexity index is 661. The smallest absolute Gasteiger partial charge is 0.137 e. The van der Waals surface area contributed by atoms with E-state index in [0.29, 0.717) is 4.47 Å². The average Bonchev–Trinajstić information content (AvgIpc) is 2.48. The maximum absolute atomic E-state index is 13.8. The molecule has 3 N–H and O–H groups in total. The molecular formula is C16H18BrFN2O. The van der Waals surface area contributed by atoms with Gasteiger partial charge in [0.05, 0.1) is 17.6 Å². The molecule has 0 aliphatic carbocycles. The number of benzene rings is 2. The highest BCUT2D eigenvalue weighted by Gasteiger charge is 2.22. The quantitative estimate of drug-likeness (QED) is 0.650. The van der Waals surface area contributed by atoms with Crippen LogP contribution < -0.4 is 16.0 Å². The van der Waals surface area contributed by atoms with Crippen molar-refractivity contribution in [2.24, 2.45) is 5.84 Å². The molecule has 112 valence electrons. The van der Waals surface area contributed by atoms with E-state index in [1.807, 2.05) is 32.0 Å². The molecule has 0 fully saturated rings. The van der Waals surface area contributed by atoms with Crippen LogP contribution in [0.15, 0.2) is 34.8 Å². The van der Waals surface area contributed by atoms with Gasteiger partial charge in [0.15, 0.2) is 0 Å². The van der Waals surface area contributed by atoms with Gasteiger partial charge in [-0.2, -0.15) is 0 Å². The Morgan fingerprint density at radius 2 is 1.90 bits per heavy atom. The maximum atomic E-state index is 13.8. The van der Waals surface area contributed by atoms with E-state index in [1.165, 1.54) is 6.07 Å². The van der Waals surface area contributed by atoms with Crippen molar-refractivity contribution in [3.05, 3.63) is 62.9 Å². The van der Waals surface area contributed by atoms with E-state index in [1.54, 1.807) is 13.2 Å². The van der Waals surface area contributed by atoms with Gasteiger partial charge < -0.3 is 4.74 Å². The number of methoxy groups -OCH3 is 1. The zero-order valence-corrected chi connectivity index (χ0v) is 13.8. The van der Waals surface area contributed by atoms with E-state index in [-0.39, 0.29) is 11.9 Å². The van der Waals surface area contributed by atoms with Crippen LogP contribution >= 0.6 is 15.9 Å². The van der Waals surface area contributed by atoms with Gasteiger partial charge in [0, 0.05) is 5.56 Å². The van der Waals surface area contributed by atoms with Crippen molar-refractivity contribution in [2.75, 3.05) is 7.11 Å². The second-order valence-corrected chi connectivity index (χ2v) is 5.67. The molecule has 0 bridgehead atoms. The molecule has 0 radical (unpaired) electrons.